The Morgan fingerprint density at radius 3 is 2.63 bits per heavy atom. The van der Waals surface area contributed by atoms with Gasteiger partial charge in [-0.2, -0.15) is 5.10 Å². The standard InChI is InChI=1S/C35H41FN8O7S/c1-20-32(40-27-16-22(36)10-13-25(27)38-20)51-23-17-29-31(46)41-35(34(48)42-52(49,50)24-11-12-24)18-21(35)8-6-4-3-5-7-9-26(33(47)44(29)19-23)39-30(45)28-14-15-37-43(28)2/h6,8,10,13-16,21,23-24,26,29H,3-5,7,9,11-12,17-19H2,1-2H3,(H,39,45)(H,41,46)(H,42,48)/b8-6-/t21-,23-,26+,29+,35-/m1/s1. The number of ether oxygens (including phenoxy) is 1. The summed E-state index contributed by atoms with van der Waals surface area (Å²) in [5.41, 5.74) is -0.127. The van der Waals surface area contributed by atoms with Crippen molar-refractivity contribution < 1.29 is 36.7 Å². The lowest BCUT2D eigenvalue weighted by Gasteiger charge is -2.30. The maximum Gasteiger partial charge on any atom is 0.270 e. The van der Waals surface area contributed by atoms with Crippen LogP contribution < -0.4 is 20.1 Å². The molecule has 2 aliphatic heterocycles. The zero-order valence-electron chi connectivity index (χ0n) is 28.9. The van der Waals surface area contributed by atoms with Crippen LogP contribution >= 0.6 is 0 Å². The monoisotopic (exact) mass is 736 g/mol. The van der Waals surface area contributed by atoms with E-state index in [-0.39, 0.29) is 36.5 Å². The number of amides is 4. The van der Waals surface area contributed by atoms with E-state index in [4.69, 9.17) is 4.74 Å². The van der Waals surface area contributed by atoms with Crippen LogP contribution in [0, 0.1) is 18.7 Å². The van der Waals surface area contributed by atoms with E-state index in [1.54, 1.807) is 14.0 Å². The van der Waals surface area contributed by atoms with Crippen LogP contribution in [-0.2, 0) is 31.5 Å². The predicted octanol–water partition coefficient (Wildman–Crippen LogP) is 1.96. The molecule has 3 aromatic rings. The Balaban J connectivity index is 1.20. The fraction of sp³-hybridized carbons (Fsp3) is 0.514. The Hall–Kier alpha value is -4.93. The molecular weight excluding hydrogens is 695 g/mol. The SMILES string of the molecule is Cc1nc2ccc(F)cc2nc1O[C@@H]1C[C@H]2C(=O)N[C@]3(C(=O)NS(=O)(=O)C4CC4)C[C@H]3/C=C\CCCCC[C@H](NC(=O)c3ccnn3C)C(=O)N2C1. The van der Waals surface area contributed by atoms with E-state index < -0.39 is 74.4 Å². The van der Waals surface area contributed by atoms with Crippen molar-refractivity contribution >= 4 is 44.7 Å². The molecule has 15 nitrogen and oxygen atoms in total. The van der Waals surface area contributed by atoms with Crippen LogP contribution in [0.2, 0.25) is 0 Å². The van der Waals surface area contributed by atoms with Crippen molar-refractivity contribution in [2.24, 2.45) is 13.0 Å². The summed E-state index contributed by atoms with van der Waals surface area (Å²) in [5, 5.41) is 9.10. The second-order valence-corrected chi connectivity index (χ2v) is 16.1. The Bertz CT molecular complexity index is 2070. The van der Waals surface area contributed by atoms with Crippen molar-refractivity contribution in [2.75, 3.05) is 6.54 Å². The number of aryl methyl sites for hydroxylation is 2. The number of aromatic nitrogens is 4. The number of carbonyl (C=O) groups is 4. The summed E-state index contributed by atoms with van der Waals surface area (Å²) in [6, 6.07) is 3.39. The summed E-state index contributed by atoms with van der Waals surface area (Å²) < 4.78 is 49.4. The van der Waals surface area contributed by atoms with Gasteiger partial charge < -0.3 is 20.3 Å². The van der Waals surface area contributed by atoms with Gasteiger partial charge in [0.1, 0.15) is 40.9 Å². The number of fused-ring (bicyclic) bond motifs is 3. The maximum absolute atomic E-state index is 14.5. The highest BCUT2D eigenvalue weighted by Gasteiger charge is 2.62. The normalized spacial score (nSPS) is 27.4. The van der Waals surface area contributed by atoms with Crippen LogP contribution in [0.3, 0.4) is 0 Å². The minimum Gasteiger partial charge on any atom is -0.471 e. The minimum absolute atomic E-state index is 0.0130. The summed E-state index contributed by atoms with van der Waals surface area (Å²) in [4.78, 5) is 66.0. The molecule has 2 saturated carbocycles. The van der Waals surface area contributed by atoms with Crippen LogP contribution in [0.5, 0.6) is 5.88 Å². The number of nitrogens with one attached hydrogen (secondary N) is 3. The van der Waals surface area contributed by atoms with Gasteiger partial charge in [-0.25, -0.2) is 22.8 Å². The van der Waals surface area contributed by atoms with Crippen molar-refractivity contribution in [1.82, 2.24) is 40.0 Å². The van der Waals surface area contributed by atoms with Gasteiger partial charge in [0.2, 0.25) is 27.7 Å². The van der Waals surface area contributed by atoms with Gasteiger partial charge in [0.15, 0.2) is 0 Å². The number of hydrogen-bond donors (Lipinski definition) is 3. The van der Waals surface area contributed by atoms with Gasteiger partial charge in [-0.3, -0.25) is 28.6 Å². The fourth-order valence-electron chi connectivity index (χ4n) is 7.05. The Morgan fingerprint density at radius 1 is 1.08 bits per heavy atom. The van der Waals surface area contributed by atoms with Gasteiger partial charge in [-0.1, -0.05) is 25.0 Å². The lowest BCUT2D eigenvalue weighted by Crippen LogP contribution is -2.58. The lowest BCUT2D eigenvalue weighted by atomic mass is 10.0. The minimum atomic E-state index is -3.91. The van der Waals surface area contributed by atoms with Crippen molar-refractivity contribution in [1.29, 1.82) is 0 Å². The van der Waals surface area contributed by atoms with Crippen LogP contribution in [0.1, 0.15) is 74.0 Å². The first-order valence-corrected chi connectivity index (χ1v) is 19.1. The molecule has 17 heteroatoms. The molecule has 3 N–H and O–H groups in total. The smallest absolute Gasteiger partial charge is 0.270 e. The highest BCUT2D eigenvalue weighted by atomic mass is 32.2. The van der Waals surface area contributed by atoms with Crippen molar-refractivity contribution in [3.05, 3.63) is 59.8 Å². The number of nitrogens with zero attached hydrogens (tertiary/aromatic N) is 5. The average molecular weight is 737 g/mol. The summed E-state index contributed by atoms with van der Waals surface area (Å²) in [7, 11) is -2.29. The van der Waals surface area contributed by atoms with E-state index in [0.29, 0.717) is 43.3 Å². The zero-order valence-corrected chi connectivity index (χ0v) is 29.7. The van der Waals surface area contributed by atoms with E-state index >= 15 is 0 Å². The van der Waals surface area contributed by atoms with Gasteiger partial charge in [-0.15, -0.1) is 0 Å². The van der Waals surface area contributed by atoms with E-state index in [1.807, 2.05) is 12.2 Å². The van der Waals surface area contributed by atoms with E-state index in [2.05, 4.69) is 30.4 Å². The topological polar surface area (TPSA) is 195 Å². The zero-order chi connectivity index (χ0) is 36.8. The molecule has 52 heavy (non-hydrogen) atoms. The number of rotatable bonds is 7. The second-order valence-electron chi connectivity index (χ2n) is 14.1. The Morgan fingerprint density at radius 2 is 1.88 bits per heavy atom. The number of allylic oxidation sites excluding steroid dienone is 1. The van der Waals surface area contributed by atoms with Crippen LogP contribution in [0.15, 0.2) is 42.6 Å². The molecule has 2 aromatic heterocycles. The molecule has 7 rings (SSSR count). The van der Waals surface area contributed by atoms with Crippen LogP contribution in [0.4, 0.5) is 4.39 Å². The molecule has 0 spiro atoms. The maximum atomic E-state index is 14.5. The van der Waals surface area contributed by atoms with Gasteiger partial charge in [0.25, 0.3) is 11.8 Å². The van der Waals surface area contributed by atoms with Crippen LogP contribution in [-0.4, -0.2) is 92.2 Å². The molecule has 1 aromatic carbocycles. The Labute approximate surface area is 299 Å². The highest BCUT2D eigenvalue weighted by Crippen LogP contribution is 2.46. The van der Waals surface area contributed by atoms with E-state index in [9.17, 15) is 32.0 Å². The molecule has 3 fully saturated rings. The van der Waals surface area contributed by atoms with Crippen molar-refractivity contribution in [3.63, 3.8) is 0 Å². The number of halogens is 1. The Kier molecular flexibility index (Phi) is 9.48. The molecular formula is C35H41FN8O7S. The van der Waals surface area contributed by atoms with Gasteiger partial charge >= 0.3 is 0 Å². The summed E-state index contributed by atoms with van der Waals surface area (Å²) >= 11 is 0. The molecule has 4 amide bonds. The first-order chi connectivity index (χ1) is 24.8. The summed E-state index contributed by atoms with van der Waals surface area (Å²) in [6.45, 7) is 1.61. The first-order valence-electron chi connectivity index (χ1n) is 17.6. The number of hydrogen-bond acceptors (Lipinski definition) is 10. The average Bonchev–Trinajstić information content (AvgIpc) is 3.99. The third kappa shape index (κ3) is 7.22. The van der Waals surface area contributed by atoms with Gasteiger partial charge in [-0.05, 0) is 63.6 Å². The third-order valence-corrected chi connectivity index (χ3v) is 12.1. The summed E-state index contributed by atoms with van der Waals surface area (Å²) in [6.07, 6.45) is 8.68. The molecule has 4 heterocycles. The van der Waals surface area contributed by atoms with Gasteiger partial charge in [0, 0.05) is 31.6 Å². The predicted molar refractivity (Wildman–Crippen MR) is 185 cm³/mol. The first kappa shape index (κ1) is 35.5. The van der Waals surface area contributed by atoms with Crippen molar-refractivity contribution in [3.8, 4) is 5.88 Å². The lowest BCUT2D eigenvalue weighted by molar-refractivity contribution is -0.141. The fourth-order valence-corrected chi connectivity index (χ4v) is 8.41. The number of benzene rings is 1. The highest BCUT2D eigenvalue weighted by molar-refractivity contribution is 7.91. The molecule has 0 bridgehead atoms. The molecule has 2 aliphatic carbocycles. The molecule has 276 valence electrons. The largest absolute Gasteiger partial charge is 0.471 e. The second kappa shape index (κ2) is 13.9. The summed E-state index contributed by atoms with van der Waals surface area (Å²) in [5.74, 6) is -3.34. The molecule has 0 unspecified atom stereocenters. The quantitative estimate of drug-likeness (QED) is 0.302. The van der Waals surface area contributed by atoms with E-state index in [0.717, 1.165) is 12.8 Å². The van der Waals surface area contributed by atoms with E-state index in [1.165, 1.54) is 40.0 Å². The molecule has 4 aliphatic rings. The number of sulfonamides is 1. The van der Waals surface area contributed by atoms with Crippen molar-refractivity contribution in [2.45, 2.75) is 93.7 Å². The molecule has 0 radical (unpaired) electrons. The van der Waals surface area contributed by atoms with Crippen LogP contribution in [0.25, 0.3) is 11.0 Å². The number of carbonyl (C=O) groups excluding carboxylic acids is 4. The van der Waals surface area contributed by atoms with Gasteiger partial charge in [0.05, 0.1) is 22.8 Å². The molecule has 5 atom stereocenters. The molecule has 1 saturated heterocycles. The third-order valence-electron chi connectivity index (χ3n) is 10.2.